The van der Waals surface area contributed by atoms with Crippen molar-refractivity contribution in [2.24, 2.45) is 0 Å². The summed E-state index contributed by atoms with van der Waals surface area (Å²) in [7, 11) is 3.83. The van der Waals surface area contributed by atoms with Crippen LogP contribution in [-0.4, -0.2) is 20.0 Å². The molecule has 0 saturated carbocycles. The minimum atomic E-state index is -0.598. The fraction of sp³-hybridized carbons (Fsp3) is 0.133. The molecule has 20 heavy (non-hydrogen) atoms. The van der Waals surface area contributed by atoms with Gasteiger partial charge in [0, 0.05) is 31.0 Å². The van der Waals surface area contributed by atoms with Crippen LogP contribution >= 0.6 is 0 Å². The predicted molar refractivity (Wildman–Crippen MR) is 79.5 cm³/mol. The van der Waals surface area contributed by atoms with Gasteiger partial charge in [0.25, 0.3) is 5.91 Å². The molecule has 0 aliphatic carbocycles. The summed E-state index contributed by atoms with van der Waals surface area (Å²) >= 11 is 0. The first kappa shape index (κ1) is 13.9. The molecule has 0 unspecified atom stereocenters. The SMILES string of the molecule is CN(C)c1cccc(NC(=O)c2ccc(N)c(F)c2)c1. The van der Waals surface area contributed by atoms with Crippen LogP contribution in [0.1, 0.15) is 10.4 Å². The zero-order valence-corrected chi connectivity index (χ0v) is 11.4. The molecule has 5 heteroatoms. The molecule has 104 valence electrons. The first-order valence-electron chi connectivity index (χ1n) is 6.11. The molecule has 0 fully saturated rings. The molecule has 0 heterocycles. The lowest BCUT2D eigenvalue weighted by atomic mass is 10.1. The zero-order valence-electron chi connectivity index (χ0n) is 11.4. The third kappa shape index (κ3) is 3.06. The van der Waals surface area contributed by atoms with Crippen LogP contribution in [0.25, 0.3) is 0 Å². The number of halogens is 1. The van der Waals surface area contributed by atoms with Gasteiger partial charge in [-0.3, -0.25) is 4.79 Å². The Morgan fingerprint density at radius 2 is 1.95 bits per heavy atom. The van der Waals surface area contributed by atoms with E-state index in [0.29, 0.717) is 5.69 Å². The average molecular weight is 273 g/mol. The van der Waals surface area contributed by atoms with Crippen LogP contribution in [0.3, 0.4) is 0 Å². The first-order valence-corrected chi connectivity index (χ1v) is 6.11. The molecule has 2 aromatic rings. The van der Waals surface area contributed by atoms with Crippen LogP contribution in [0.15, 0.2) is 42.5 Å². The van der Waals surface area contributed by atoms with Crippen LogP contribution in [0.5, 0.6) is 0 Å². The van der Waals surface area contributed by atoms with E-state index in [0.717, 1.165) is 11.8 Å². The number of nitrogens with zero attached hydrogens (tertiary/aromatic N) is 1. The van der Waals surface area contributed by atoms with Gasteiger partial charge in [-0.15, -0.1) is 0 Å². The monoisotopic (exact) mass is 273 g/mol. The molecule has 0 spiro atoms. The number of benzene rings is 2. The van der Waals surface area contributed by atoms with Gasteiger partial charge >= 0.3 is 0 Å². The number of nitrogens with one attached hydrogen (secondary N) is 1. The van der Waals surface area contributed by atoms with E-state index in [4.69, 9.17) is 5.73 Å². The topological polar surface area (TPSA) is 58.4 Å². The van der Waals surface area contributed by atoms with Crippen molar-refractivity contribution < 1.29 is 9.18 Å². The fourth-order valence-corrected chi connectivity index (χ4v) is 1.73. The Hall–Kier alpha value is -2.56. The summed E-state index contributed by atoms with van der Waals surface area (Å²) < 4.78 is 13.3. The second-order valence-corrected chi connectivity index (χ2v) is 4.64. The van der Waals surface area contributed by atoms with Gasteiger partial charge in [-0.1, -0.05) is 6.07 Å². The van der Waals surface area contributed by atoms with Crippen LogP contribution < -0.4 is 16.0 Å². The standard InChI is InChI=1S/C15H16FN3O/c1-19(2)12-5-3-4-11(9-12)18-15(20)10-6-7-14(17)13(16)8-10/h3-9H,17H2,1-2H3,(H,18,20). The molecule has 0 aromatic heterocycles. The maximum absolute atomic E-state index is 13.3. The van der Waals surface area contributed by atoms with E-state index in [1.807, 2.05) is 37.2 Å². The van der Waals surface area contributed by atoms with Crippen LogP contribution in [-0.2, 0) is 0 Å². The number of carbonyl (C=O) groups is 1. The van der Waals surface area contributed by atoms with Crippen molar-refractivity contribution in [1.82, 2.24) is 0 Å². The molecule has 3 N–H and O–H groups in total. The number of hydrogen-bond donors (Lipinski definition) is 2. The summed E-state index contributed by atoms with van der Waals surface area (Å²) in [6.45, 7) is 0. The highest BCUT2D eigenvalue weighted by atomic mass is 19.1. The number of nitrogen functional groups attached to an aromatic ring is 1. The number of hydrogen-bond acceptors (Lipinski definition) is 3. The Morgan fingerprint density at radius 3 is 2.60 bits per heavy atom. The number of rotatable bonds is 3. The van der Waals surface area contributed by atoms with Crippen molar-refractivity contribution in [3.05, 3.63) is 53.8 Å². The fourth-order valence-electron chi connectivity index (χ4n) is 1.73. The Balaban J connectivity index is 2.19. The summed E-state index contributed by atoms with van der Waals surface area (Å²) in [5.41, 5.74) is 7.25. The Kier molecular flexibility index (Phi) is 3.89. The van der Waals surface area contributed by atoms with Gasteiger partial charge in [0.1, 0.15) is 5.82 Å². The molecule has 2 rings (SSSR count). The molecule has 0 bridgehead atoms. The minimum Gasteiger partial charge on any atom is -0.396 e. The third-order valence-electron chi connectivity index (χ3n) is 2.88. The number of anilines is 3. The van der Waals surface area contributed by atoms with Gasteiger partial charge in [0.05, 0.1) is 5.69 Å². The molecule has 0 saturated heterocycles. The molecule has 4 nitrogen and oxygen atoms in total. The summed E-state index contributed by atoms with van der Waals surface area (Å²) in [6, 6.07) is 11.4. The van der Waals surface area contributed by atoms with Crippen LogP contribution in [0.4, 0.5) is 21.5 Å². The van der Waals surface area contributed by atoms with E-state index in [1.54, 1.807) is 6.07 Å². The lowest BCUT2D eigenvalue weighted by Gasteiger charge is -2.14. The molecule has 0 atom stereocenters. The molecule has 0 radical (unpaired) electrons. The van der Waals surface area contributed by atoms with E-state index in [-0.39, 0.29) is 17.2 Å². The number of nitrogens with two attached hydrogens (primary N) is 1. The highest BCUT2D eigenvalue weighted by Crippen LogP contribution is 2.19. The lowest BCUT2D eigenvalue weighted by molar-refractivity contribution is 0.102. The normalized spacial score (nSPS) is 10.2. The zero-order chi connectivity index (χ0) is 14.7. The molecular weight excluding hydrogens is 257 g/mol. The molecule has 1 amide bonds. The van der Waals surface area contributed by atoms with Crippen LogP contribution in [0, 0.1) is 5.82 Å². The highest BCUT2D eigenvalue weighted by Gasteiger charge is 2.09. The third-order valence-corrected chi connectivity index (χ3v) is 2.88. The minimum absolute atomic E-state index is 0.0242. The number of amides is 1. The van der Waals surface area contributed by atoms with Crippen molar-refractivity contribution in [3.63, 3.8) is 0 Å². The molecule has 0 aliphatic rings. The highest BCUT2D eigenvalue weighted by molar-refractivity contribution is 6.04. The second-order valence-electron chi connectivity index (χ2n) is 4.64. The largest absolute Gasteiger partial charge is 0.396 e. The Labute approximate surface area is 117 Å². The summed E-state index contributed by atoms with van der Waals surface area (Å²) in [5.74, 6) is -0.973. The van der Waals surface area contributed by atoms with Crippen molar-refractivity contribution in [1.29, 1.82) is 0 Å². The van der Waals surface area contributed by atoms with Gasteiger partial charge in [-0.05, 0) is 36.4 Å². The van der Waals surface area contributed by atoms with Crippen molar-refractivity contribution in [2.45, 2.75) is 0 Å². The summed E-state index contributed by atoms with van der Waals surface area (Å²) in [4.78, 5) is 14.0. The van der Waals surface area contributed by atoms with Gasteiger partial charge in [0.15, 0.2) is 0 Å². The van der Waals surface area contributed by atoms with Gasteiger partial charge in [-0.25, -0.2) is 4.39 Å². The molecule has 2 aromatic carbocycles. The van der Waals surface area contributed by atoms with E-state index >= 15 is 0 Å². The van der Waals surface area contributed by atoms with E-state index in [9.17, 15) is 9.18 Å². The van der Waals surface area contributed by atoms with E-state index < -0.39 is 5.82 Å². The summed E-state index contributed by atoms with van der Waals surface area (Å²) in [6.07, 6.45) is 0. The Bertz CT molecular complexity index is 641. The molecular formula is C15H16FN3O. The average Bonchev–Trinajstić information content (AvgIpc) is 2.42. The van der Waals surface area contributed by atoms with Crippen molar-refractivity contribution in [3.8, 4) is 0 Å². The summed E-state index contributed by atoms with van der Waals surface area (Å²) in [5, 5.41) is 2.73. The quantitative estimate of drug-likeness (QED) is 0.845. The van der Waals surface area contributed by atoms with Crippen LogP contribution in [0.2, 0.25) is 0 Å². The van der Waals surface area contributed by atoms with E-state index in [2.05, 4.69) is 5.32 Å². The maximum Gasteiger partial charge on any atom is 0.255 e. The first-order chi connectivity index (χ1) is 9.47. The number of carbonyl (C=O) groups excluding carboxylic acids is 1. The van der Waals surface area contributed by atoms with Crippen molar-refractivity contribution in [2.75, 3.05) is 30.0 Å². The van der Waals surface area contributed by atoms with Crippen molar-refractivity contribution >= 4 is 23.0 Å². The van der Waals surface area contributed by atoms with Gasteiger partial charge in [-0.2, -0.15) is 0 Å². The maximum atomic E-state index is 13.3. The van der Waals surface area contributed by atoms with Gasteiger partial charge in [0.2, 0.25) is 0 Å². The van der Waals surface area contributed by atoms with E-state index in [1.165, 1.54) is 12.1 Å². The predicted octanol–water partition coefficient (Wildman–Crippen LogP) is 2.73. The smallest absolute Gasteiger partial charge is 0.255 e. The molecule has 0 aliphatic heterocycles. The van der Waals surface area contributed by atoms with Gasteiger partial charge < -0.3 is 16.0 Å². The lowest BCUT2D eigenvalue weighted by Crippen LogP contribution is -2.13. The Morgan fingerprint density at radius 1 is 1.20 bits per heavy atom. The second kappa shape index (κ2) is 5.61.